The quantitative estimate of drug-likeness (QED) is 0.214. The molecular formula is C17H28IN3O2. The number of halogens is 1. The molecule has 0 fully saturated rings. The maximum absolute atomic E-state index is 5.67. The van der Waals surface area contributed by atoms with Gasteiger partial charge >= 0.3 is 0 Å². The van der Waals surface area contributed by atoms with E-state index in [1.807, 2.05) is 37.4 Å². The first-order chi connectivity index (χ1) is 10.7. The van der Waals surface area contributed by atoms with Gasteiger partial charge < -0.3 is 19.7 Å². The van der Waals surface area contributed by atoms with Gasteiger partial charge in [0.05, 0.1) is 13.7 Å². The molecule has 6 heteroatoms. The molecule has 0 saturated carbocycles. The highest BCUT2D eigenvalue weighted by atomic mass is 127. The van der Waals surface area contributed by atoms with Crippen LogP contribution in [0.1, 0.15) is 12.8 Å². The number of guanidine groups is 1. The van der Waals surface area contributed by atoms with Crippen LogP contribution < -0.4 is 14.8 Å². The molecule has 0 aliphatic heterocycles. The highest BCUT2D eigenvalue weighted by Gasteiger charge is 2.04. The van der Waals surface area contributed by atoms with Crippen molar-refractivity contribution in [1.82, 2.24) is 10.2 Å². The summed E-state index contributed by atoms with van der Waals surface area (Å²) in [5.41, 5.74) is 0. The Hall–Kier alpha value is -1.44. The second-order valence-electron chi connectivity index (χ2n) is 4.85. The second kappa shape index (κ2) is 13.0. The van der Waals surface area contributed by atoms with Crippen LogP contribution in [0.15, 0.2) is 41.9 Å². The van der Waals surface area contributed by atoms with Crippen molar-refractivity contribution in [3.05, 3.63) is 36.9 Å². The number of nitrogens with one attached hydrogen (secondary N) is 1. The number of nitrogens with zero attached hydrogens (tertiary/aromatic N) is 2. The fourth-order valence-electron chi connectivity index (χ4n) is 1.97. The summed E-state index contributed by atoms with van der Waals surface area (Å²) in [4.78, 5) is 6.38. The molecule has 5 nitrogen and oxygen atoms in total. The van der Waals surface area contributed by atoms with Crippen LogP contribution in [0.2, 0.25) is 0 Å². The van der Waals surface area contributed by atoms with Gasteiger partial charge in [0.2, 0.25) is 0 Å². The molecule has 0 saturated heterocycles. The van der Waals surface area contributed by atoms with Gasteiger partial charge in [0, 0.05) is 20.6 Å². The fourth-order valence-corrected chi connectivity index (χ4v) is 1.97. The first-order valence-electron chi connectivity index (χ1n) is 7.50. The van der Waals surface area contributed by atoms with Gasteiger partial charge in [0.1, 0.15) is 18.1 Å². The van der Waals surface area contributed by atoms with Gasteiger partial charge in [-0.15, -0.1) is 30.6 Å². The minimum absolute atomic E-state index is 0. The predicted octanol–water partition coefficient (Wildman–Crippen LogP) is 3.17. The predicted molar refractivity (Wildman–Crippen MR) is 107 cm³/mol. The van der Waals surface area contributed by atoms with E-state index in [1.54, 1.807) is 14.2 Å². The van der Waals surface area contributed by atoms with Gasteiger partial charge in [-0.3, -0.25) is 4.99 Å². The summed E-state index contributed by atoms with van der Waals surface area (Å²) in [6.45, 7) is 5.96. The van der Waals surface area contributed by atoms with Gasteiger partial charge in [-0.1, -0.05) is 6.08 Å². The fraction of sp³-hybridized carbons (Fsp3) is 0.471. The Balaban J connectivity index is 0.00000484. The van der Waals surface area contributed by atoms with Crippen molar-refractivity contribution in [1.29, 1.82) is 0 Å². The van der Waals surface area contributed by atoms with Crippen molar-refractivity contribution < 1.29 is 9.47 Å². The van der Waals surface area contributed by atoms with Crippen LogP contribution >= 0.6 is 24.0 Å². The van der Waals surface area contributed by atoms with Gasteiger partial charge in [0.25, 0.3) is 0 Å². The third-order valence-electron chi connectivity index (χ3n) is 3.19. The molecule has 0 amide bonds. The minimum atomic E-state index is 0. The molecule has 0 aliphatic carbocycles. The zero-order valence-corrected chi connectivity index (χ0v) is 16.6. The van der Waals surface area contributed by atoms with E-state index in [0.717, 1.165) is 36.8 Å². The first-order valence-corrected chi connectivity index (χ1v) is 7.50. The van der Waals surface area contributed by atoms with E-state index in [1.165, 1.54) is 0 Å². The molecule has 0 unspecified atom stereocenters. The van der Waals surface area contributed by atoms with E-state index < -0.39 is 0 Å². The standard InChI is InChI=1S/C17H27N3O2.HI/c1-5-6-7-13-20(3)17(18-2)19-12-14-22-16-10-8-15(21-4)9-11-16;/h5,8-11H,1,6-7,12-14H2,2-4H3,(H,18,19);1H. The van der Waals surface area contributed by atoms with Crippen LogP contribution in [0.4, 0.5) is 0 Å². The lowest BCUT2D eigenvalue weighted by atomic mass is 10.3. The van der Waals surface area contributed by atoms with E-state index in [-0.39, 0.29) is 24.0 Å². The smallest absolute Gasteiger partial charge is 0.193 e. The number of hydrogen-bond acceptors (Lipinski definition) is 3. The highest BCUT2D eigenvalue weighted by Crippen LogP contribution is 2.16. The number of ether oxygens (including phenoxy) is 2. The van der Waals surface area contributed by atoms with Crippen molar-refractivity contribution >= 4 is 29.9 Å². The molecule has 0 aliphatic rings. The molecule has 1 N–H and O–H groups in total. The van der Waals surface area contributed by atoms with E-state index in [9.17, 15) is 0 Å². The summed E-state index contributed by atoms with van der Waals surface area (Å²) >= 11 is 0. The number of benzene rings is 1. The van der Waals surface area contributed by atoms with Gasteiger partial charge in [-0.2, -0.15) is 0 Å². The number of hydrogen-bond donors (Lipinski definition) is 1. The van der Waals surface area contributed by atoms with Crippen LogP contribution in [-0.2, 0) is 0 Å². The number of unbranched alkanes of at least 4 members (excludes halogenated alkanes) is 1. The largest absolute Gasteiger partial charge is 0.497 e. The molecule has 1 rings (SSSR count). The molecule has 0 heterocycles. The van der Waals surface area contributed by atoms with E-state index in [2.05, 4.69) is 21.8 Å². The van der Waals surface area contributed by atoms with Gasteiger partial charge in [-0.05, 0) is 37.1 Å². The van der Waals surface area contributed by atoms with Crippen molar-refractivity contribution in [2.24, 2.45) is 4.99 Å². The van der Waals surface area contributed by atoms with Crippen molar-refractivity contribution in [2.45, 2.75) is 12.8 Å². The van der Waals surface area contributed by atoms with E-state index in [0.29, 0.717) is 13.2 Å². The lowest BCUT2D eigenvalue weighted by molar-refractivity contribution is 0.318. The van der Waals surface area contributed by atoms with Crippen LogP contribution in [-0.4, -0.2) is 51.8 Å². The first kappa shape index (κ1) is 21.6. The molecule has 23 heavy (non-hydrogen) atoms. The summed E-state index contributed by atoms with van der Waals surface area (Å²) in [6, 6.07) is 7.56. The van der Waals surface area contributed by atoms with Crippen LogP contribution in [0, 0.1) is 0 Å². The number of methoxy groups -OCH3 is 1. The summed E-state index contributed by atoms with van der Waals surface area (Å²) in [6.07, 6.45) is 4.03. The summed E-state index contributed by atoms with van der Waals surface area (Å²) in [5, 5.41) is 3.29. The van der Waals surface area contributed by atoms with Crippen LogP contribution in [0.5, 0.6) is 11.5 Å². The second-order valence-corrected chi connectivity index (χ2v) is 4.85. The molecule has 1 aromatic carbocycles. The molecular weight excluding hydrogens is 405 g/mol. The lowest BCUT2D eigenvalue weighted by Gasteiger charge is -2.21. The molecule has 0 atom stereocenters. The lowest BCUT2D eigenvalue weighted by Crippen LogP contribution is -2.41. The topological polar surface area (TPSA) is 46.1 Å². The summed E-state index contributed by atoms with van der Waals surface area (Å²) in [7, 11) is 5.47. The minimum Gasteiger partial charge on any atom is -0.497 e. The molecule has 0 spiro atoms. The summed E-state index contributed by atoms with van der Waals surface area (Å²) < 4.78 is 10.8. The molecule has 1 aromatic rings. The average molecular weight is 433 g/mol. The summed E-state index contributed by atoms with van der Waals surface area (Å²) in [5.74, 6) is 2.53. The average Bonchev–Trinajstić information content (AvgIpc) is 2.55. The van der Waals surface area contributed by atoms with Gasteiger partial charge in [-0.25, -0.2) is 0 Å². The normalized spacial score (nSPS) is 10.5. The Morgan fingerprint density at radius 2 is 1.96 bits per heavy atom. The Labute approximate surface area is 156 Å². The molecule has 0 aromatic heterocycles. The maximum Gasteiger partial charge on any atom is 0.193 e. The third-order valence-corrected chi connectivity index (χ3v) is 3.19. The van der Waals surface area contributed by atoms with E-state index in [4.69, 9.17) is 9.47 Å². The van der Waals surface area contributed by atoms with Crippen molar-refractivity contribution in [2.75, 3.05) is 40.9 Å². The van der Waals surface area contributed by atoms with Crippen LogP contribution in [0.3, 0.4) is 0 Å². The Morgan fingerprint density at radius 1 is 1.30 bits per heavy atom. The molecule has 130 valence electrons. The monoisotopic (exact) mass is 433 g/mol. The Kier molecular flexibility index (Phi) is 12.2. The number of aliphatic imine (C=N–C) groups is 1. The van der Waals surface area contributed by atoms with Crippen molar-refractivity contribution in [3.8, 4) is 11.5 Å². The SMILES string of the molecule is C=CCCCN(C)C(=NC)NCCOc1ccc(OC)cc1.I. The third kappa shape index (κ3) is 8.68. The Bertz CT molecular complexity index is 463. The molecule has 0 radical (unpaired) electrons. The van der Waals surface area contributed by atoms with Gasteiger partial charge in [0.15, 0.2) is 5.96 Å². The van der Waals surface area contributed by atoms with Crippen LogP contribution in [0.25, 0.3) is 0 Å². The van der Waals surface area contributed by atoms with E-state index >= 15 is 0 Å². The highest BCUT2D eigenvalue weighted by molar-refractivity contribution is 14.0. The zero-order chi connectivity index (χ0) is 16.2. The molecule has 0 bridgehead atoms. The maximum atomic E-state index is 5.67. The van der Waals surface area contributed by atoms with Crippen molar-refractivity contribution in [3.63, 3.8) is 0 Å². The zero-order valence-electron chi connectivity index (χ0n) is 14.2. The number of rotatable bonds is 9. The number of allylic oxidation sites excluding steroid dienone is 1. The Morgan fingerprint density at radius 3 is 2.52 bits per heavy atom.